The summed E-state index contributed by atoms with van der Waals surface area (Å²) >= 11 is 0. The lowest BCUT2D eigenvalue weighted by atomic mass is 9.42. The van der Waals surface area contributed by atoms with Crippen LogP contribution in [-0.4, -0.2) is 30.3 Å². The smallest absolute Gasteiger partial charge is 0.153 e. The van der Waals surface area contributed by atoms with Crippen molar-refractivity contribution in [2.75, 3.05) is 19.6 Å². The van der Waals surface area contributed by atoms with Gasteiger partial charge in [-0.2, -0.15) is 0 Å². The van der Waals surface area contributed by atoms with Crippen LogP contribution < -0.4 is 0 Å². The van der Waals surface area contributed by atoms with Crippen molar-refractivity contribution in [2.45, 2.75) is 70.1 Å². The third kappa shape index (κ3) is 2.76. The molecule has 2 atom stereocenters. The molecular weight excluding hydrogens is 318 g/mol. The molecule has 5 aliphatic rings. The highest BCUT2D eigenvalue weighted by Gasteiger charge is 2.60. The van der Waals surface area contributed by atoms with Gasteiger partial charge in [-0.1, -0.05) is 36.2 Å². The molecule has 1 aromatic rings. The molecule has 0 amide bonds. The van der Waals surface area contributed by atoms with E-state index in [0.717, 1.165) is 37.9 Å². The van der Waals surface area contributed by atoms with E-state index in [1.807, 2.05) is 0 Å². The highest BCUT2D eigenvalue weighted by atomic mass is 16.1. The van der Waals surface area contributed by atoms with Gasteiger partial charge in [-0.3, -0.25) is 9.69 Å². The van der Waals surface area contributed by atoms with Crippen LogP contribution >= 0.6 is 0 Å². The Morgan fingerprint density at radius 1 is 1.00 bits per heavy atom. The second kappa shape index (κ2) is 6.19. The number of carbonyl (C=O) groups is 1. The lowest BCUT2D eigenvalue weighted by molar-refractivity contribution is -0.148. The molecule has 4 saturated carbocycles. The lowest BCUT2D eigenvalue weighted by Crippen LogP contribution is -2.58. The van der Waals surface area contributed by atoms with Crippen molar-refractivity contribution < 1.29 is 4.79 Å². The topological polar surface area (TPSA) is 20.3 Å². The van der Waals surface area contributed by atoms with Gasteiger partial charge in [-0.15, -0.1) is 0 Å². The van der Waals surface area contributed by atoms with Crippen LogP contribution in [0.25, 0.3) is 0 Å². The Balaban J connectivity index is 1.42. The molecule has 26 heavy (non-hydrogen) atoms. The molecule has 1 aromatic carbocycles. The second-order valence-corrected chi connectivity index (χ2v) is 10.1. The summed E-state index contributed by atoms with van der Waals surface area (Å²) < 4.78 is 0. The Hall–Kier alpha value is -1.15. The fourth-order valence-corrected chi connectivity index (χ4v) is 7.32. The average Bonchev–Trinajstić information content (AvgIpc) is 2.62. The van der Waals surface area contributed by atoms with Crippen LogP contribution in [0.1, 0.15) is 68.9 Å². The normalized spacial score (nSPS) is 39.3. The molecule has 2 heteroatoms. The molecule has 0 spiro atoms. The first-order valence-corrected chi connectivity index (χ1v) is 10.9. The SMILES string of the molecule is Cc1ccc(C23CC4CC(CC(C(=O)CN5CCCCC5)(C4)C2)C3)cc1. The number of nitrogens with zero attached hydrogens (tertiary/aromatic N) is 1. The third-order valence-corrected chi connectivity index (χ3v) is 8.13. The van der Waals surface area contributed by atoms with E-state index in [1.165, 1.54) is 62.5 Å². The molecule has 1 saturated heterocycles. The van der Waals surface area contributed by atoms with Crippen LogP contribution in [0.2, 0.25) is 0 Å². The standard InChI is InChI=1S/C24H33NO/c1-18-5-7-21(8-6-18)23-12-19-11-20(13-23)15-24(14-19,17-23)22(26)16-25-9-3-2-4-10-25/h5-8,19-20H,2-4,9-17H2,1H3. The van der Waals surface area contributed by atoms with Crippen molar-refractivity contribution in [1.82, 2.24) is 4.90 Å². The largest absolute Gasteiger partial charge is 0.298 e. The molecule has 6 rings (SSSR count). The summed E-state index contributed by atoms with van der Waals surface area (Å²) in [5.41, 5.74) is 3.14. The van der Waals surface area contributed by atoms with Gasteiger partial charge in [0.15, 0.2) is 5.78 Å². The zero-order valence-electron chi connectivity index (χ0n) is 16.3. The van der Waals surface area contributed by atoms with Crippen LogP contribution in [0.5, 0.6) is 0 Å². The Kier molecular flexibility index (Phi) is 4.04. The van der Waals surface area contributed by atoms with Gasteiger partial charge in [0, 0.05) is 5.41 Å². The van der Waals surface area contributed by atoms with Crippen molar-refractivity contribution in [2.24, 2.45) is 17.3 Å². The van der Waals surface area contributed by atoms with Gasteiger partial charge in [0.2, 0.25) is 0 Å². The van der Waals surface area contributed by atoms with Gasteiger partial charge in [-0.25, -0.2) is 0 Å². The highest BCUT2D eigenvalue weighted by molar-refractivity contribution is 5.87. The van der Waals surface area contributed by atoms with Gasteiger partial charge in [0.25, 0.3) is 0 Å². The van der Waals surface area contributed by atoms with Gasteiger partial charge in [-0.05, 0) is 94.2 Å². The number of Topliss-reactive ketones (excluding diaryl/α,β-unsaturated/α-hetero) is 1. The molecule has 2 unspecified atom stereocenters. The number of rotatable bonds is 4. The highest BCUT2D eigenvalue weighted by Crippen LogP contribution is 2.66. The molecule has 5 fully saturated rings. The number of ketones is 1. The predicted octanol–water partition coefficient (Wildman–Crippen LogP) is 4.89. The molecule has 0 N–H and O–H groups in total. The first-order chi connectivity index (χ1) is 12.6. The van der Waals surface area contributed by atoms with Crippen LogP contribution in [0.3, 0.4) is 0 Å². The Labute approximate surface area is 158 Å². The molecular formula is C24H33NO. The van der Waals surface area contributed by atoms with E-state index in [-0.39, 0.29) is 10.8 Å². The quantitative estimate of drug-likeness (QED) is 0.770. The first kappa shape index (κ1) is 17.0. The molecule has 2 nitrogen and oxygen atoms in total. The Morgan fingerprint density at radius 2 is 1.65 bits per heavy atom. The Morgan fingerprint density at radius 3 is 2.31 bits per heavy atom. The van der Waals surface area contributed by atoms with E-state index in [0.29, 0.717) is 5.78 Å². The minimum atomic E-state index is -0.00752. The van der Waals surface area contributed by atoms with Crippen molar-refractivity contribution >= 4 is 5.78 Å². The molecule has 1 aliphatic heterocycles. The minimum absolute atomic E-state index is 0.00752. The van der Waals surface area contributed by atoms with Crippen molar-refractivity contribution in [3.63, 3.8) is 0 Å². The zero-order chi connectivity index (χ0) is 17.8. The number of hydrogen-bond donors (Lipinski definition) is 0. The fraction of sp³-hybridized carbons (Fsp3) is 0.708. The van der Waals surface area contributed by atoms with Gasteiger partial charge >= 0.3 is 0 Å². The summed E-state index contributed by atoms with van der Waals surface area (Å²) in [5.74, 6) is 2.15. The third-order valence-electron chi connectivity index (χ3n) is 8.13. The van der Waals surface area contributed by atoms with Crippen molar-refractivity contribution in [1.29, 1.82) is 0 Å². The van der Waals surface area contributed by atoms with Crippen molar-refractivity contribution in [3.05, 3.63) is 35.4 Å². The molecule has 0 radical (unpaired) electrons. The maximum absolute atomic E-state index is 13.6. The van der Waals surface area contributed by atoms with Crippen LogP contribution in [0.4, 0.5) is 0 Å². The van der Waals surface area contributed by atoms with E-state index in [1.54, 1.807) is 0 Å². The summed E-state index contributed by atoms with van der Waals surface area (Å²) in [6.07, 6.45) is 11.4. The summed E-state index contributed by atoms with van der Waals surface area (Å²) in [5, 5.41) is 0. The number of benzene rings is 1. The monoisotopic (exact) mass is 351 g/mol. The molecule has 4 aliphatic carbocycles. The maximum Gasteiger partial charge on any atom is 0.153 e. The zero-order valence-corrected chi connectivity index (χ0v) is 16.3. The van der Waals surface area contributed by atoms with E-state index in [4.69, 9.17) is 0 Å². The van der Waals surface area contributed by atoms with Crippen LogP contribution in [0.15, 0.2) is 24.3 Å². The van der Waals surface area contributed by atoms with Gasteiger partial charge in [0.1, 0.15) is 0 Å². The number of aryl methyl sites for hydroxylation is 1. The van der Waals surface area contributed by atoms with E-state index < -0.39 is 0 Å². The number of carbonyl (C=O) groups excluding carboxylic acids is 1. The van der Waals surface area contributed by atoms with Gasteiger partial charge < -0.3 is 0 Å². The minimum Gasteiger partial charge on any atom is -0.298 e. The lowest BCUT2D eigenvalue weighted by Gasteiger charge is -2.62. The molecule has 0 aromatic heterocycles. The Bertz CT molecular complexity index is 671. The maximum atomic E-state index is 13.6. The number of likely N-dealkylation sites (tertiary alicyclic amines) is 1. The van der Waals surface area contributed by atoms with E-state index in [2.05, 4.69) is 36.1 Å². The summed E-state index contributed by atoms with van der Waals surface area (Å²) in [6, 6.07) is 9.28. The summed E-state index contributed by atoms with van der Waals surface area (Å²) in [4.78, 5) is 16.0. The predicted molar refractivity (Wildman–Crippen MR) is 105 cm³/mol. The number of hydrogen-bond acceptors (Lipinski definition) is 2. The van der Waals surface area contributed by atoms with E-state index >= 15 is 0 Å². The fourth-order valence-electron chi connectivity index (χ4n) is 7.32. The van der Waals surface area contributed by atoms with Crippen LogP contribution in [0, 0.1) is 24.2 Å². The summed E-state index contributed by atoms with van der Waals surface area (Å²) in [6.45, 7) is 5.17. The van der Waals surface area contributed by atoms with Crippen molar-refractivity contribution in [3.8, 4) is 0 Å². The second-order valence-electron chi connectivity index (χ2n) is 10.1. The first-order valence-electron chi connectivity index (χ1n) is 10.9. The van der Waals surface area contributed by atoms with Gasteiger partial charge in [0.05, 0.1) is 6.54 Å². The summed E-state index contributed by atoms with van der Waals surface area (Å²) in [7, 11) is 0. The van der Waals surface area contributed by atoms with E-state index in [9.17, 15) is 4.79 Å². The molecule has 4 bridgehead atoms. The molecule has 1 heterocycles. The molecule has 140 valence electrons. The van der Waals surface area contributed by atoms with Crippen LogP contribution in [-0.2, 0) is 10.2 Å². The average molecular weight is 352 g/mol. The number of piperidine rings is 1.